The third-order valence-electron chi connectivity index (χ3n) is 3.72. The molecule has 2 atom stereocenters. The number of hydrogen-bond donors (Lipinski definition) is 1. The molecular weight excluding hydrogens is 238 g/mol. The van der Waals surface area contributed by atoms with E-state index >= 15 is 0 Å². The van der Waals surface area contributed by atoms with E-state index in [0.29, 0.717) is 13.0 Å². The standard InChI is InChI=1S/C12H19NO3S/c1-12(6-4-8-17-12)11(16)13-7-3-2-5-9(13)10(14)15/h9H,2-8H2,1H3,(H,14,15)/t9-,12?/m1/s1. The van der Waals surface area contributed by atoms with Crippen molar-refractivity contribution in [3.05, 3.63) is 0 Å². The van der Waals surface area contributed by atoms with E-state index in [1.165, 1.54) is 0 Å². The second-order valence-electron chi connectivity index (χ2n) is 5.03. The van der Waals surface area contributed by atoms with Crippen LogP contribution in [-0.2, 0) is 9.59 Å². The molecule has 5 heteroatoms. The molecule has 0 aromatic heterocycles. The molecule has 1 amide bonds. The molecule has 0 saturated carbocycles. The number of carbonyl (C=O) groups is 2. The average molecular weight is 257 g/mol. The second kappa shape index (κ2) is 4.88. The van der Waals surface area contributed by atoms with Gasteiger partial charge in [-0.2, -0.15) is 0 Å². The summed E-state index contributed by atoms with van der Waals surface area (Å²) < 4.78 is -0.384. The van der Waals surface area contributed by atoms with Crippen LogP contribution in [0.4, 0.5) is 0 Å². The number of carbonyl (C=O) groups excluding carboxylic acids is 1. The van der Waals surface area contributed by atoms with E-state index < -0.39 is 12.0 Å². The van der Waals surface area contributed by atoms with Gasteiger partial charge < -0.3 is 10.0 Å². The molecule has 2 aliphatic rings. The van der Waals surface area contributed by atoms with E-state index in [1.54, 1.807) is 16.7 Å². The topological polar surface area (TPSA) is 57.6 Å². The highest BCUT2D eigenvalue weighted by Gasteiger charge is 2.44. The minimum atomic E-state index is -0.857. The molecule has 4 nitrogen and oxygen atoms in total. The zero-order chi connectivity index (χ0) is 12.5. The summed E-state index contributed by atoms with van der Waals surface area (Å²) in [6.45, 7) is 2.56. The number of rotatable bonds is 2. The second-order valence-corrected chi connectivity index (χ2v) is 6.63. The molecule has 17 heavy (non-hydrogen) atoms. The monoisotopic (exact) mass is 257 g/mol. The predicted molar refractivity (Wildman–Crippen MR) is 67.1 cm³/mol. The lowest BCUT2D eigenvalue weighted by atomic mass is 9.97. The fraction of sp³-hybridized carbons (Fsp3) is 0.833. The Hall–Kier alpha value is -0.710. The maximum atomic E-state index is 12.5. The first-order valence-electron chi connectivity index (χ1n) is 6.22. The van der Waals surface area contributed by atoms with Crippen LogP contribution in [0.1, 0.15) is 39.0 Å². The van der Waals surface area contributed by atoms with Gasteiger partial charge in [-0.05, 0) is 44.8 Å². The minimum absolute atomic E-state index is 0.0344. The molecule has 0 spiro atoms. The first kappa shape index (κ1) is 12.7. The van der Waals surface area contributed by atoms with Gasteiger partial charge in [-0.1, -0.05) is 0 Å². The van der Waals surface area contributed by atoms with Gasteiger partial charge in [0.25, 0.3) is 0 Å². The van der Waals surface area contributed by atoms with Gasteiger partial charge >= 0.3 is 5.97 Å². The SMILES string of the molecule is CC1(C(=O)N2CCCC[C@@H]2C(=O)O)CCCS1. The fourth-order valence-electron chi connectivity index (χ4n) is 2.68. The molecule has 2 saturated heterocycles. The molecule has 2 fully saturated rings. The van der Waals surface area contributed by atoms with E-state index in [-0.39, 0.29) is 10.7 Å². The lowest BCUT2D eigenvalue weighted by molar-refractivity contribution is -0.153. The van der Waals surface area contributed by atoms with E-state index in [0.717, 1.165) is 31.4 Å². The normalized spacial score (nSPS) is 33.7. The quantitative estimate of drug-likeness (QED) is 0.818. The number of carboxylic acids is 1. The van der Waals surface area contributed by atoms with Crippen LogP contribution in [0.15, 0.2) is 0 Å². The molecule has 2 heterocycles. The number of hydrogen-bond acceptors (Lipinski definition) is 3. The molecule has 1 N–H and O–H groups in total. The first-order valence-corrected chi connectivity index (χ1v) is 7.21. The molecule has 1 unspecified atom stereocenters. The smallest absolute Gasteiger partial charge is 0.326 e. The van der Waals surface area contributed by atoms with Gasteiger partial charge in [-0.25, -0.2) is 4.79 Å². The van der Waals surface area contributed by atoms with Crippen molar-refractivity contribution >= 4 is 23.6 Å². The number of amides is 1. The molecule has 0 aromatic carbocycles. The Kier molecular flexibility index (Phi) is 3.66. The molecular formula is C12H19NO3S. The largest absolute Gasteiger partial charge is 0.480 e. The summed E-state index contributed by atoms with van der Waals surface area (Å²) in [5.41, 5.74) is 0. The van der Waals surface area contributed by atoms with Crippen LogP contribution in [0.5, 0.6) is 0 Å². The van der Waals surface area contributed by atoms with E-state index in [9.17, 15) is 14.7 Å². The van der Waals surface area contributed by atoms with Crippen molar-refractivity contribution in [2.45, 2.75) is 49.8 Å². The zero-order valence-corrected chi connectivity index (χ0v) is 11.0. The summed E-state index contributed by atoms with van der Waals surface area (Å²) in [5, 5.41) is 9.18. The lowest BCUT2D eigenvalue weighted by Crippen LogP contribution is -2.53. The third-order valence-corrected chi connectivity index (χ3v) is 5.23. The summed E-state index contributed by atoms with van der Waals surface area (Å²) >= 11 is 1.68. The van der Waals surface area contributed by atoms with Crippen LogP contribution in [0.25, 0.3) is 0 Å². The minimum Gasteiger partial charge on any atom is -0.480 e. The number of thioether (sulfide) groups is 1. The Morgan fingerprint density at radius 1 is 1.35 bits per heavy atom. The maximum Gasteiger partial charge on any atom is 0.326 e. The zero-order valence-electron chi connectivity index (χ0n) is 10.1. The summed E-state index contributed by atoms with van der Waals surface area (Å²) in [4.78, 5) is 25.3. The van der Waals surface area contributed by atoms with Crippen LogP contribution in [-0.4, -0.2) is 45.0 Å². The van der Waals surface area contributed by atoms with Crippen LogP contribution in [0.2, 0.25) is 0 Å². The van der Waals surface area contributed by atoms with Gasteiger partial charge in [0.05, 0.1) is 4.75 Å². The van der Waals surface area contributed by atoms with Crippen LogP contribution >= 0.6 is 11.8 Å². The molecule has 2 aliphatic heterocycles. The van der Waals surface area contributed by atoms with Crippen molar-refractivity contribution in [2.24, 2.45) is 0 Å². The van der Waals surface area contributed by atoms with Crippen molar-refractivity contribution in [3.8, 4) is 0 Å². The molecule has 0 bridgehead atoms. The van der Waals surface area contributed by atoms with Crippen molar-refractivity contribution in [2.75, 3.05) is 12.3 Å². The van der Waals surface area contributed by atoms with Crippen LogP contribution in [0.3, 0.4) is 0 Å². The molecule has 0 aliphatic carbocycles. The van der Waals surface area contributed by atoms with Crippen LogP contribution < -0.4 is 0 Å². The van der Waals surface area contributed by atoms with Crippen molar-refractivity contribution < 1.29 is 14.7 Å². The predicted octanol–water partition coefficient (Wildman–Crippen LogP) is 1.74. The Morgan fingerprint density at radius 2 is 2.12 bits per heavy atom. The number of likely N-dealkylation sites (tertiary alicyclic amines) is 1. The van der Waals surface area contributed by atoms with Gasteiger partial charge in [0.2, 0.25) is 5.91 Å². The molecule has 96 valence electrons. The summed E-state index contributed by atoms with van der Waals surface area (Å²) in [6, 6.07) is -0.603. The number of aliphatic carboxylic acids is 1. The maximum absolute atomic E-state index is 12.5. The number of nitrogens with zero attached hydrogens (tertiary/aromatic N) is 1. The Balaban J connectivity index is 2.13. The number of piperidine rings is 1. The van der Waals surface area contributed by atoms with E-state index in [4.69, 9.17) is 0 Å². The van der Waals surface area contributed by atoms with Gasteiger partial charge in [0.1, 0.15) is 6.04 Å². The number of carboxylic acid groups (broad SMARTS) is 1. The Morgan fingerprint density at radius 3 is 2.71 bits per heavy atom. The van der Waals surface area contributed by atoms with Gasteiger partial charge in [-0.15, -0.1) is 11.8 Å². The van der Waals surface area contributed by atoms with Crippen molar-refractivity contribution in [3.63, 3.8) is 0 Å². The third kappa shape index (κ3) is 2.44. The Bertz CT molecular complexity index is 326. The summed E-state index contributed by atoms with van der Waals surface area (Å²) in [7, 11) is 0. The highest BCUT2D eigenvalue weighted by molar-refractivity contribution is 8.01. The highest BCUT2D eigenvalue weighted by atomic mass is 32.2. The van der Waals surface area contributed by atoms with Gasteiger partial charge in [0.15, 0.2) is 0 Å². The van der Waals surface area contributed by atoms with Crippen LogP contribution in [0, 0.1) is 0 Å². The molecule has 0 aromatic rings. The van der Waals surface area contributed by atoms with E-state index in [1.807, 2.05) is 6.92 Å². The van der Waals surface area contributed by atoms with Crippen molar-refractivity contribution in [1.82, 2.24) is 4.90 Å². The fourth-order valence-corrected chi connectivity index (χ4v) is 3.95. The summed E-state index contributed by atoms with van der Waals surface area (Å²) in [5.74, 6) is 0.185. The first-order chi connectivity index (χ1) is 8.04. The lowest BCUT2D eigenvalue weighted by Gasteiger charge is -2.37. The average Bonchev–Trinajstić information content (AvgIpc) is 2.76. The summed E-state index contributed by atoms with van der Waals surface area (Å²) in [6.07, 6.45) is 4.36. The highest BCUT2D eigenvalue weighted by Crippen LogP contribution is 2.40. The Labute approximate surface area is 106 Å². The van der Waals surface area contributed by atoms with E-state index in [2.05, 4.69) is 0 Å². The molecule has 0 radical (unpaired) electrons. The molecule has 2 rings (SSSR count). The van der Waals surface area contributed by atoms with Crippen molar-refractivity contribution in [1.29, 1.82) is 0 Å². The van der Waals surface area contributed by atoms with Gasteiger partial charge in [-0.3, -0.25) is 4.79 Å². The van der Waals surface area contributed by atoms with Gasteiger partial charge in [0, 0.05) is 6.54 Å².